The zero-order valence-corrected chi connectivity index (χ0v) is 9.98. The van der Waals surface area contributed by atoms with Gasteiger partial charge in [0.2, 0.25) is 0 Å². The molecule has 0 heterocycles. The molecule has 2 heteroatoms. The van der Waals surface area contributed by atoms with Gasteiger partial charge in [0.1, 0.15) is 0 Å². The van der Waals surface area contributed by atoms with Crippen molar-refractivity contribution >= 4 is 15.9 Å². The second-order valence-corrected chi connectivity index (χ2v) is 4.33. The van der Waals surface area contributed by atoms with Crippen molar-refractivity contribution in [1.82, 2.24) is 0 Å². The van der Waals surface area contributed by atoms with Gasteiger partial charge in [0.15, 0.2) is 0 Å². The normalized spacial score (nSPS) is 13.0. The molecule has 0 unspecified atom stereocenters. The summed E-state index contributed by atoms with van der Waals surface area (Å²) >= 11 is 3.51. The van der Waals surface area contributed by atoms with E-state index in [0.29, 0.717) is 0 Å². The van der Waals surface area contributed by atoms with Gasteiger partial charge in [0.25, 0.3) is 0 Å². The summed E-state index contributed by atoms with van der Waals surface area (Å²) in [5, 5.41) is 0. The van der Waals surface area contributed by atoms with Gasteiger partial charge in [-0.25, -0.2) is 0 Å². The Morgan fingerprint density at radius 1 is 1.31 bits per heavy atom. The summed E-state index contributed by atoms with van der Waals surface area (Å²) in [5.41, 5.74) is 9.79. The molecule has 1 atom stereocenters. The summed E-state index contributed by atoms with van der Waals surface area (Å²) in [7, 11) is 0. The molecule has 0 aliphatic rings. The van der Waals surface area contributed by atoms with Gasteiger partial charge in [-0.2, -0.15) is 0 Å². The van der Waals surface area contributed by atoms with E-state index < -0.39 is 0 Å². The van der Waals surface area contributed by atoms with Crippen LogP contribution in [0.1, 0.15) is 36.1 Å². The van der Waals surface area contributed by atoms with Crippen molar-refractivity contribution in [1.29, 1.82) is 0 Å². The fraction of sp³-hybridized carbons (Fsp3) is 0.455. The van der Waals surface area contributed by atoms with Crippen molar-refractivity contribution in [3.05, 3.63) is 33.3 Å². The van der Waals surface area contributed by atoms with E-state index in [1.54, 1.807) is 0 Å². The van der Waals surface area contributed by atoms with Gasteiger partial charge in [0.05, 0.1) is 0 Å². The maximum Gasteiger partial charge on any atom is 0.0294 e. The van der Waals surface area contributed by atoms with Crippen molar-refractivity contribution in [2.75, 3.05) is 0 Å². The van der Waals surface area contributed by atoms with Crippen molar-refractivity contribution in [2.45, 2.75) is 33.2 Å². The Labute approximate surface area is 88.5 Å². The van der Waals surface area contributed by atoms with Gasteiger partial charge in [-0.15, -0.1) is 0 Å². The molecule has 1 aromatic carbocycles. The van der Waals surface area contributed by atoms with Crippen molar-refractivity contribution < 1.29 is 0 Å². The molecule has 0 saturated heterocycles. The first-order chi connectivity index (χ1) is 6.06. The Morgan fingerprint density at radius 2 is 1.92 bits per heavy atom. The minimum Gasteiger partial charge on any atom is -0.324 e. The van der Waals surface area contributed by atoms with Gasteiger partial charge in [-0.1, -0.05) is 28.9 Å². The highest BCUT2D eigenvalue weighted by atomic mass is 79.9. The van der Waals surface area contributed by atoms with E-state index in [1.807, 2.05) is 0 Å². The molecule has 1 rings (SSSR count). The minimum absolute atomic E-state index is 0.173. The summed E-state index contributed by atoms with van der Waals surface area (Å²) in [6.07, 6.45) is 0.988. The summed E-state index contributed by atoms with van der Waals surface area (Å²) in [6.45, 7) is 6.31. The zero-order valence-electron chi connectivity index (χ0n) is 8.39. The molecule has 0 aromatic heterocycles. The Bertz CT molecular complexity index is 307. The van der Waals surface area contributed by atoms with E-state index in [1.165, 1.54) is 16.7 Å². The van der Waals surface area contributed by atoms with Crippen LogP contribution in [0.5, 0.6) is 0 Å². The number of hydrogen-bond acceptors (Lipinski definition) is 1. The second-order valence-electron chi connectivity index (χ2n) is 3.47. The number of halogens is 1. The SMILES string of the molecule is CC[C@@H](N)c1cc(C)c(Br)cc1C. The second kappa shape index (κ2) is 4.25. The molecule has 0 bridgehead atoms. The Balaban J connectivity index is 3.15. The van der Waals surface area contributed by atoms with Gasteiger partial charge >= 0.3 is 0 Å². The van der Waals surface area contributed by atoms with Crippen LogP contribution in [-0.4, -0.2) is 0 Å². The van der Waals surface area contributed by atoms with Crippen molar-refractivity contribution in [3.8, 4) is 0 Å². The predicted octanol–water partition coefficient (Wildman–Crippen LogP) is 3.48. The molecule has 1 aromatic rings. The lowest BCUT2D eigenvalue weighted by atomic mass is 9.98. The number of aryl methyl sites for hydroxylation is 2. The standard InChI is InChI=1S/C11H16BrN/c1-4-11(13)9-5-8(3)10(12)6-7(9)2/h5-6,11H,4,13H2,1-3H3/t11-/m1/s1. The van der Waals surface area contributed by atoms with E-state index in [-0.39, 0.29) is 6.04 Å². The highest BCUT2D eigenvalue weighted by molar-refractivity contribution is 9.10. The van der Waals surface area contributed by atoms with Crippen LogP contribution >= 0.6 is 15.9 Å². The maximum absolute atomic E-state index is 6.00. The summed E-state index contributed by atoms with van der Waals surface area (Å²) in [5.74, 6) is 0. The number of rotatable bonds is 2. The molecule has 72 valence electrons. The third-order valence-electron chi connectivity index (χ3n) is 2.39. The number of benzene rings is 1. The van der Waals surface area contributed by atoms with E-state index in [4.69, 9.17) is 5.73 Å². The summed E-state index contributed by atoms with van der Waals surface area (Å²) in [4.78, 5) is 0. The van der Waals surface area contributed by atoms with Crippen LogP contribution in [0.4, 0.5) is 0 Å². The molecule has 0 radical (unpaired) electrons. The van der Waals surface area contributed by atoms with Crippen LogP contribution in [0.15, 0.2) is 16.6 Å². The number of nitrogens with two attached hydrogens (primary N) is 1. The van der Waals surface area contributed by atoms with E-state index in [9.17, 15) is 0 Å². The third-order valence-corrected chi connectivity index (χ3v) is 3.24. The first-order valence-corrected chi connectivity index (χ1v) is 5.37. The lowest BCUT2D eigenvalue weighted by Gasteiger charge is -2.14. The minimum atomic E-state index is 0.173. The average molecular weight is 242 g/mol. The smallest absolute Gasteiger partial charge is 0.0294 e. The lowest BCUT2D eigenvalue weighted by Crippen LogP contribution is -2.10. The molecular formula is C11H16BrN. The van der Waals surface area contributed by atoms with Crippen LogP contribution in [0, 0.1) is 13.8 Å². The molecule has 0 aliphatic heterocycles. The Morgan fingerprint density at radius 3 is 2.46 bits per heavy atom. The lowest BCUT2D eigenvalue weighted by molar-refractivity contribution is 0.693. The molecule has 0 saturated carbocycles. The largest absolute Gasteiger partial charge is 0.324 e. The molecule has 13 heavy (non-hydrogen) atoms. The van der Waals surface area contributed by atoms with Crippen molar-refractivity contribution in [3.63, 3.8) is 0 Å². The van der Waals surface area contributed by atoms with Gasteiger partial charge in [0, 0.05) is 10.5 Å². The van der Waals surface area contributed by atoms with Crippen molar-refractivity contribution in [2.24, 2.45) is 5.73 Å². The topological polar surface area (TPSA) is 26.0 Å². The molecule has 0 spiro atoms. The Kier molecular flexibility index (Phi) is 3.51. The zero-order chi connectivity index (χ0) is 10.0. The predicted molar refractivity (Wildman–Crippen MR) is 60.8 cm³/mol. The van der Waals surface area contributed by atoms with Gasteiger partial charge < -0.3 is 5.73 Å². The molecular weight excluding hydrogens is 226 g/mol. The van der Waals surface area contributed by atoms with Gasteiger partial charge in [-0.05, 0) is 43.0 Å². The van der Waals surface area contributed by atoms with E-state index in [0.717, 1.165) is 10.9 Å². The van der Waals surface area contributed by atoms with E-state index >= 15 is 0 Å². The summed E-state index contributed by atoms with van der Waals surface area (Å²) < 4.78 is 1.16. The third kappa shape index (κ3) is 2.32. The highest BCUT2D eigenvalue weighted by Gasteiger charge is 2.08. The summed E-state index contributed by atoms with van der Waals surface area (Å²) in [6, 6.07) is 4.49. The van der Waals surface area contributed by atoms with Crippen LogP contribution in [0.25, 0.3) is 0 Å². The van der Waals surface area contributed by atoms with Crippen LogP contribution in [0.3, 0.4) is 0 Å². The molecule has 0 amide bonds. The van der Waals surface area contributed by atoms with Gasteiger partial charge in [-0.3, -0.25) is 0 Å². The molecule has 1 nitrogen and oxygen atoms in total. The van der Waals surface area contributed by atoms with Crippen LogP contribution in [0.2, 0.25) is 0 Å². The average Bonchev–Trinajstić information content (AvgIpc) is 2.10. The van der Waals surface area contributed by atoms with E-state index in [2.05, 4.69) is 48.8 Å². The Hall–Kier alpha value is -0.340. The molecule has 0 fully saturated rings. The highest BCUT2D eigenvalue weighted by Crippen LogP contribution is 2.25. The fourth-order valence-corrected chi connectivity index (χ4v) is 1.88. The molecule has 0 aliphatic carbocycles. The first kappa shape index (κ1) is 10.7. The monoisotopic (exact) mass is 241 g/mol. The molecule has 2 N–H and O–H groups in total. The van der Waals surface area contributed by atoms with Crippen LogP contribution in [-0.2, 0) is 0 Å². The quantitative estimate of drug-likeness (QED) is 0.844. The maximum atomic E-state index is 6.00. The first-order valence-electron chi connectivity index (χ1n) is 4.58. The van der Waals surface area contributed by atoms with Crippen LogP contribution < -0.4 is 5.73 Å². The fourth-order valence-electron chi connectivity index (χ4n) is 1.42. The number of hydrogen-bond donors (Lipinski definition) is 1.